The van der Waals surface area contributed by atoms with E-state index in [1.807, 2.05) is 25.1 Å². The van der Waals surface area contributed by atoms with Gasteiger partial charge in [0, 0.05) is 22.3 Å². The predicted molar refractivity (Wildman–Crippen MR) is 67.7 cm³/mol. The minimum atomic E-state index is 0.604. The molecule has 2 aromatic rings. The highest BCUT2D eigenvalue weighted by molar-refractivity contribution is 9.10. The van der Waals surface area contributed by atoms with Crippen molar-refractivity contribution in [1.82, 2.24) is 9.97 Å². The lowest BCUT2D eigenvalue weighted by atomic mass is 10.1. The van der Waals surface area contributed by atoms with Gasteiger partial charge in [0.2, 0.25) is 0 Å². The summed E-state index contributed by atoms with van der Waals surface area (Å²) in [5.41, 5.74) is 4.62. The van der Waals surface area contributed by atoms with Crippen LogP contribution in [0.25, 0.3) is 11.4 Å². The lowest BCUT2D eigenvalue weighted by Gasteiger charge is -2.06. The number of nitrogens with two attached hydrogens (primary N) is 1. The summed E-state index contributed by atoms with van der Waals surface area (Å²) in [5.74, 6) is 6.58. The number of aromatic nitrogens is 2. The zero-order valence-corrected chi connectivity index (χ0v) is 10.3. The van der Waals surface area contributed by atoms with Gasteiger partial charge in [0.05, 0.1) is 0 Å². The first-order valence-corrected chi connectivity index (χ1v) is 5.56. The summed E-state index contributed by atoms with van der Waals surface area (Å²) in [6.45, 7) is 2.02. The molecule has 3 N–H and O–H groups in total. The molecule has 0 saturated heterocycles. The molecular weight excluding hydrogens is 268 g/mol. The molecule has 0 aliphatic rings. The minimum Gasteiger partial charge on any atom is -0.308 e. The molecule has 0 radical (unpaired) electrons. The van der Waals surface area contributed by atoms with Crippen LogP contribution in [0.4, 0.5) is 5.82 Å². The fraction of sp³-hybridized carbons (Fsp3) is 0.0909. The fourth-order valence-corrected chi connectivity index (χ4v) is 1.92. The first-order chi connectivity index (χ1) is 7.70. The maximum Gasteiger partial charge on any atom is 0.161 e. The summed E-state index contributed by atoms with van der Waals surface area (Å²) >= 11 is 3.42. The molecule has 1 aromatic heterocycles. The minimum absolute atomic E-state index is 0.604. The average molecular weight is 279 g/mol. The second-order valence-electron chi connectivity index (χ2n) is 3.37. The molecule has 0 atom stereocenters. The Kier molecular flexibility index (Phi) is 3.17. The molecule has 1 aromatic carbocycles. The molecule has 0 amide bonds. The van der Waals surface area contributed by atoms with Gasteiger partial charge in [-0.05, 0) is 30.7 Å². The number of hydrogen-bond acceptors (Lipinski definition) is 4. The third kappa shape index (κ3) is 2.20. The van der Waals surface area contributed by atoms with E-state index in [0.717, 1.165) is 15.6 Å². The monoisotopic (exact) mass is 278 g/mol. The second-order valence-corrected chi connectivity index (χ2v) is 4.28. The number of hydrazine groups is 1. The summed E-state index contributed by atoms with van der Waals surface area (Å²) in [5, 5.41) is 0. The van der Waals surface area contributed by atoms with E-state index in [2.05, 4.69) is 31.3 Å². The summed E-state index contributed by atoms with van der Waals surface area (Å²) in [6, 6.07) is 7.70. The van der Waals surface area contributed by atoms with Crippen molar-refractivity contribution >= 4 is 21.7 Å². The van der Waals surface area contributed by atoms with Gasteiger partial charge in [-0.1, -0.05) is 15.9 Å². The Morgan fingerprint density at radius 3 is 2.81 bits per heavy atom. The Morgan fingerprint density at radius 1 is 1.31 bits per heavy atom. The molecule has 0 fully saturated rings. The lowest BCUT2D eigenvalue weighted by Crippen LogP contribution is -2.09. The zero-order valence-electron chi connectivity index (χ0n) is 8.74. The van der Waals surface area contributed by atoms with E-state index in [0.29, 0.717) is 11.6 Å². The summed E-state index contributed by atoms with van der Waals surface area (Å²) in [7, 11) is 0. The number of nitrogen functional groups attached to an aromatic ring is 1. The normalized spacial score (nSPS) is 10.2. The quantitative estimate of drug-likeness (QED) is 0.655. The number of rotatable bonds is 2. The van der Waals surface area contributed by atoms with Crippen molar-refractivity contribution in [1.29, 1.82) is 0 Å². The third-order valence-electron chi connectivity index (χ3n) is 2.23. The highest BCUT2D eigenvalue weighted by Crippen LogP contribution is 2.23. The fourth-order valence-electron chi connectivity index (χ4n) is 1.45. The predicted octanol–water partition coefficient (Wildman–Crippen LogP) is 2.50. The summed E-state index contributed by atoms with van der Waals surface area (Å²) in [6.07, 6.45) is 1.68. The van der Waals surface area contributed by atoms with Crippen LogP contribution >= 0.6 is 15.9 Å². The SMILES string of the molecule is Cc1cc(Br)ccc1-c1nccc(NN)n1. The molecule has 4 nitrogen and oxygen atoms in total. The standard InChI is InChI=1S/C11H11BrN4/c1-7-6-8(12)2-3-9(7)11-14-5-4-10(15-11)16-13/h2-6H,13H2,1H3,(H,14,15,16). The van der Waals surface area contributed by atoms with Crippen molar-refractivity contribution in [2.45, 2.75) is 6.92 Å². The van der Waals surface area contributed by atoms with Gasteiger partial charge in [0.15, 0.2) is 5.82 Å². The Bertz CT molecular complexity index is 513. The van der Waals surface area contributed by atoms with Gasteiger partial charge in [-0.15, -0.1) is 0 Å². The van der Waals surface area contributed by atoms with Crippen molar-refractivity contribution in [3.05, 3.63) is 40.5 Å². The van der Waals surface area contributed by atoms with Crippen LogP contribution in [-0.4, -0.2) is 9.97 Å². The number of hydrogen-bond donors (Lipinski definition) is 2. The van der Waals surface area contributed by atoms with Crippen LogP contribution in [0.2, 0.25) is 0 Å². The van der Waals surface area contributed by atoms with Crippen LogP contribution in [0.15, 0.2) is 34.9 Å². The average Bonchev–Trinajstić information content (AvgIpc) is 2.29. The van der Waals surface area contributed by atoms with Crippen molar-refractivity contribution in [3.63, 3.8) is 0 Å². The smallest absolute Gasteiger partial charge is 0.161 e. The van der Waals surface area contributed by atoms with Crippen molar-refractivity contribution in [3.8, 4) is 11.4 Å². The van der Waals surface area contributed by atoms with Crippen LogP contribution in [0.3, 0.4) is 0 Å². The third-order valence-corrected chi connectivity index (χ3v) is 2.73. The number of benzene rings is 1. The van der Waals surface area contributed by atoms with E-state index in [1.165, 1.54) is 0 Å². The highest BCUT2D eigenvalue weighted by Gasteiger charge is 2.05. The van der Waals surface area contributed by atoms with E-state index < -0.39 is 0 Å². The van der Waals surface area contributed by atoms with Crippen LogP contribution in [-0.2, 0) is 0 Å². The molecule has 5 heteroatoms. The van der Waals surface area contributed by atoms with E-state index in [1.54, 1.807) is 12.3 Å². The molecule has 0 unspecified atom stereocenters. The van der Waals surface area contributed by atoms with Crippen LogP contribution in [0.5, 0.6) is 0 Å². The number of aryl methyl sites for hydroxylation is 1. The van der Waals surface area contributed by atoms with Gasteiger partial charge < -0.3 is 5.43 Å². The Labute approximate surface area is 102 Å². The number of nitrogens with one attached hydrogen (secondary N) is 1. The summed E-state index contributed by atoms with van der Waals surface area (Å²) < 4.78 is 1.04. The molecule has 16 heavy (non-hydrogen) atoms. The molecule has 0 aliphatic heterocycles. The van der Waals surface area contributed by atoms with E-state index in [9.17, 15) is 0 Å². The van der Waals surface area contributed by atoms with Crippen molar-refractivity contribution < 1.29 is 0 Å². The molecule has 2 rings (SSSR count). The molecule has 82 valence electrons. The topological polar surface area (TPSA) is 63.8 Å². The largest absolute Gasteiger partial charge is 0.308 e. The Hall–Kier alpha value is -1.46. The number of nitrogens with zero attached hydrogens (tertiary/aromatic N) is 2. The Morgan fingerprint density at radius 2 is 2.12 bits per heavy atom. The first-order valence-electron chi connectivity index (χ1n) is 4.77. The molecular formula is C11H11BrN4. The van der Waals surface area contributed by atoms with E-state index in [4.69, 9.17) is 5.84 Å². The lowest BCUT2D eigenvalue weighted by molar-refractivity contribution is 1.14. The van der Waals surface area contributed by atoms with Crippen LogP contribution < -0.4 is 11.3 Å². The molecule has 1 heterocycles. The Balaban J connectivity index is 2.49. The van der Waals surface area contributed by atoms with Crippen molar-refractivity contribution in [2.75, 3.05) is 5.43 Å². The van der Waals surface area contributed by atoms with Crippen LogP contribution in [0, 0.1) is 6.92 Å². The molecule has 0 aliphatic carbocycles. The van der Waals surface area contributed by atoms with Crippen molar-refractivity contribution in [2.24, 2.45) is 5.84 Å². The maximum absolute atomic E-state index is 5.31. The van der Waals surface area contributed by atoms with Gasteiger partial charge in [-0.2, -0.15) is 0 Å². The second kappa shape index (κ2) is 4.59. The van der Waals surface area contributed by atoms with Gasteiger partial charge in [-0.3, -0.25) is 0 Å². The molecule has 0 bridgehead atoms. The maximum atomic E-state index is 5.31. The van der Waals surface area contributed by atoms with Gasteiger partial charge >= 0.3 is 0 Å². The highest BCUT2D eigenvalue weighted by atomic mass is 79.9. The van der Waals surface area contributed by atoms with E-state index in [-0.39, 0.29) is 0 Å². The van der Waals surface area contributed by atoms with E-state index >= 15 is 0 Å². The zero-order chi connectivity index (χ0) is 11.5. The molecule has 0 spiro atoms. The molecule has 0 saturated carbocycles. The summed E-state index contributed by atoms with van der Waals surface area (Å²) in [4.78, 5) is 8.52. The van der Waals surface area contributed by atoms with Crippen LogP contribution in [0.1, 0.15) is 5.56 Å². The number of halogens is 1. The van der Waals surface area contributed by atoms with Gasteiger partial charge in [-0.25, -0.2) is 15.8 Å². The van der Waals surface area contributed by atoms with Gasteiger partial charge in [0.25, 0.3) is 0 Å². The first kappa shape index (κ1) is 11.0. The number of anilines is 1. The van der Waals surface area contributed by atoms with Gasteiger partial charge in [0.1, 0.15) is 5.82 Å².